The van der Waals surface area contributed by atoms with Gasteiger partial charge in [0.05, 0.1) is 5.75 Å². The van der Waals surface area contributed by atoms with Crippen LogP contribution in [0.15, 0.2) is 108 Å². The van der Waals surface area contributed by atoms with E-state index in [0.717, 1.165) is 39.3 Å². The molecule has 0 fully saturated rings. The van der Waals surface area contributed by atoms with Crippen molar-refractivity contribution >= 4 is 46.9 Å². The van der Waals surface area contributed by atoms with Gasteiger partial charge < -0.3 is 16.0 Å². The van der Waals surface area contributed by atoms with E-state index in [0.29, 0.717) is 11.3 Å². The van der Waals surface area contributed by atoms with E-state index in [4.69, 9.17) is 0 Å². The average molecular weight is 564 g/mol. The highest BCUT2D eigenvalue weighted by atomic mass is 32.2. The van der Waals surface area contributed by atoms with Gasteiger partial charge in [-0.25, -0.2) is 0 Å². The Hall–Kier alpha value is -4.62. The molecule has 0 aliphatic rings. The second kappa shape index (κ2) is 14.1. The van der Waals surface area contributed by atoms with Crippen LogP contribution >= 0.6 is 11.8 Å². The van der Waals surface area contributed by atoms with Crippen molar-refractivity contribution in [3.8, 4) is 0 Å². The van der Waals surface area contributed by atoms with E-state index in [2.05, 4.69) is 22.9 Å². The minimum Gasteiger partial charge on any atom is -0.325 e. The van der Waals surface area contributed by atoms with Crippen molar-refractivity contribution in [2.24, 2.45) is 0 Å². The summed E-state index contributed by atoms with van der Waals surface area (Å²) in [6, 6.07) is 29.7. The molecule has 0 saturated heterocycles. The summed E-state index contributed by atoms with van der Waals surface area (Å²) < 4.78 is 0. The third-order valence-electron chi connectivity index (χ3n) is 6.50. The molecule has 0 aromatic heterocycles. The number of carbonyl (C=O) groups is 3. The van der Waals surface area contributed by atoms with Gasteiger partial charge in [0.15, 0.2) is 0 Å². The van der Waals surface area contributed by atoms with Crippen LogP contribution in [0, 0.1) is 13.8 Å². The number of para-hydroxylation sites is 1. The summed E-state index contributed by atoms with van der Waals surface area (Å²) in [6.07, 6.45) is 2.52. The van der Waals surface area contributed by atoms with Gasteiger partial charge in [-0.15, -0.1) is 11.8 Å². The van der Waals surface area contributed by atoms with Gasteiger partial charge in [-0.3, -0.25) is 14.4 Å². The number of benzene rings is 4. The molecule has 0 aliphatic heterocycles. The topological polar surface area (TPSA) is 87.3 Å². The van der Waals surface area contributed by atoms with Gasteiger partial charge >= 0.3 is 0 Å². The number of hydrogen-bond acceptors (Lipinski definition) is 4. The van der Waals surface area contributed by atoms with Crippen molar-refractivity contribution in [2.45, 2.75) is 32.1 Å². The minimum atomic E-state index is -0.442. The number of nitrogens with one attached hydrogen (secondary N) is 3. The van der Waals surface area contributed by atoms with Crippen LogP contribution in [0.25, 0.3) is 6.08 Å². The second-order valence-electron chi connectivity index (χ2n) is 9.51. The van der Waals surface area contributed by atoms with Crippen LogP contribution < -0.4 is 16.0 Å². The van der Waals surface area contributed by atoms with Crippen LogP contribution in [0.3, 0.4) is 0 Å². The summed E-state index contributed by atoms with van der Waals surface area (Å²) in [4.78, 5) is 39.7. The lowest BCUT2D eigenvalue weighted by atomic mass is 10.1. The molecule has 6 nitrogen and oxygen atoms in total. The smallest absolute Gasteiger partial charge is 0.272 e. The normalized spacial score (nSPS) is 11.0. The maximum Gasteiger partial charge on any atom is 0.272 e. The highest BCUT2D eigenvalue weighted by Crippen LogP contribution is 2.24. The first-order valence-electron chi connectivity index (χ1n) is 13.4. The van der Waals surface area contributed by atoms with E-state index in [-0.39, 0.29) is 23.3 Å². The lowest BCUT2D eigenvalue weighted by Gasteiger charge is -2.13. The summed E-state index contributed by atoms with van der Waals surface area (Å²) in [7, 11) is 0. The van der Waals surface area contributed by atoms with Crippen molar-refractivity contribution in [2.75, 3.05) is 16.4 Å². The van der Waals surface area contributed by atoms with Gasteiger partial charge in [0.1, 0.15) is 5.70 Å². The Morgan fingerprint density at radius 3 is 2.15 bits per heavy atom. The van der Waals surface area contributed by atoms with Gasteiger partial charge in [-0.2, -0.15) is 0 Å². The number of carbonyl (C=O) groups excluding carboxylic acids is 3. The maximum absolute atomic E-state index is 13.3. The minimum absolute atomic E-state index is 0.0727. The summed E-state index contributed by atoms with van der Waals surface area (Å²) in [5.74, 6) is -0.626. The molecule has 0 atom stereocenters. The van der Waals surface area contributed by atoms with Crippen LogP contribution in [-0.2, 0) is 16.0 Å². The molecule has 4 aromatic carbocycles. The van der Waals surface area contributed by atoms with E-state index in [1.165, 1.54) is 11.8 Å². The summed E-state index contributed by atoms with van der Waals surface area (Å²) >= 11 is 1.42. The van der Waals surface area contributed by atoms with Crippen LogP contribution in [0.1, 0.15) is 39.5 Å². The molecule has 0 heterocycles. The largest absolute Gasteiger partial charge is 0.325 e. The molecular weight excluding hydrogens is 530 g/mol. The van der Waals surface area contributed by atoms with Crippen molar-refractivity contribution in [1.82, 2.24) is 5.32 Å². The van der Waals surface area contributed by atoms with E-state index in [1.807, 2.05) is 74.5 Å². The van der Waals surface area contributed by atoms with E-state index in [1.54, 1.807) is 42.5 Å². The molecule has 0 spiro atoms. The van der Waals surface area contributed by atoms with Crippen LogP contribution in [0.5, 0.6) is 0 Å². The maximum atomic E-state index is 13.3. The van der Waals surface area contributed by atoms with E-state index >= 15 is 0 Å². The van der Waals surface area contributed by atoms with Gasteiger partial charge in [-0.05, 0) is 85.0 Å². The molecule has 41 heavy (non-hydrogen) atoms. The third-order valence-corrected chi connectivity index (χ3v) is 7.52. The Labute approximate surface area is 245 Å². The van der Waals surface area contributed by atoms with Gasteiger partial charge in [0.2, 0.25) is 5.91 Å². The molecule has 4 aromatic rings. The van der Waals surface area contributed by atoms with Crippen molar-refractivity contribution in [3.63, 3.8) is 0 Å². The molecule has 0 radical (unpaired) electrons. The third kappa shape index (κ3) is 8.19. The fourth-order valence-corrected chi connectivity index (χ4v) is 4.90. The molecule has 0 bridgehead atoms. The Balaban J connectivity index is 1.41. The Kier molecular flexibility index (Phi) is 10.1. The number of aryl methyl sites for hydroxylation is 3. The number of hydrogen-bond donors (Lipinski definition) is 3. The van der Waals surface area contributed by atoms with Crippen LogP contribution in [-0.4, -0.2) is 23.5 Å². The predicted molar refractivity (Wildman–Crippen MR) is 168 cm³/mol. The van der Waals surface area contributed by atoms with Crippen molar-refractivity contribution < 1.29 is 14.4 Å². The average Bonchev–Trinajstić information content (AvgIpc) is 2.99. The lowest BCUT2D eigenvalue weighted by Crippen LogP contribution is -2.30. The predicted octanol–water partition coefficient (Wildman–Crippen LogP) is 7.01. The molecule has 208 valence electrons. The summed E-state index contributed by atoms with van der Waals surface area (Å²) in [5, 5.41) is 8.68. The van der Waals surface area contributed by atoms with Crippen molar-refractivity contribution in [3.05, 3.63) is 131 Å². The SMILES string of the molecule is CCc1cccc(C)c1NC(=O)CSc1ccc(NC(=O)/C(=C/c2ccccc2C)NC(=O)c2ccccc2)cc1. The number of rotatable bonds is 10. The van der Waals surface area contributed by atoms with Gasteiger partial charge in [0, 0.05) is 21.8 Å². The Morgan fingerprint density at radius 1 is 0.756 bits per heavy atom. The Morgan fingerprint density at radius 2 is 1.44 bits per heavy atom. The first-order chi connectivity index (χ1) is 19.8. The number of amides is 3. The zero-order valence-electron chi connectivity index (χ0n) is 23.4. The zero-order valence-corrected chi connectivity index (χ0v) is 24.2. The molecule has 0 aliphatic carbocycles. The molecule has 3 amide bonds. The number of thioether (sulfide) groups is 1. The number of anilines is 2. The summed E-state index contributed by atoms with van der Waals surface area (Å²) in [6.45, 7) is 6.00. The first kappa shape index (κ1) is 29.4. The van der Waals surface area contributed by atoms with Crippen LogP contribution in [0.4, 0.5) is 11.4 Å². The van der Waals surface area contributed by atoms with Crippen LogP contribution in [0.2, 0.25) is 0 Å². The fourth-order valence-electron chi connectivity index (χ4n) is 4.21. The lowest BCUT2D eigenvalue weighted by molar-refractivity contribution is -0.114. The van der Waals surface area contributed by atoms with Gasteiger partial charge in [-0.1, -0.05) is 67.6 Å². The molecule has 3 N–H and O–H groups in total. The highest BCUT2D eigenvalue weighted by Gasteiger charge is 2.16. The molecule has 4 rings (SSSR count). The fraction of sp³-hybridized carbons (Fsp3) is 0.147. The quantitative estimate of drug-likeness (QED) is 0.143. The van der Waals surface area contributed by atoms with E-state index < -0.39 is 5.91 Å². The van der Waals surface area contributed by atoms with Crippen molar-refractivity contribution in [1.29, 1.82) is 0 Å². The summed E-state index contributed by atoms with van der Waals surface area (Å²) in [5.41, 5.74) is 5.99. The molecule has 7 heteroatoms. The second-order valence-corrected chi connectivity index (χ2v) is 10.6. The monoisotopic (exact) mass is 563 g/mol. The first-order valence-corrected chi connectivity index (χ1v) is 14.4. The highest BCUT2D eigenvalue weighted by molar-refractivity contribution is 8.00. The molecular formula is C34H33N3O3S. The Bertz CT molecular complexity index is 1560. The zero-order chi connectivity index (χ0) is 29.2. The molecule has 0 saturated carbocycles. The van der Waals surface area contributed by atoms with E-state index in [9.17, 15) is 14.4 Å². The molecule has 0 unspecified atom stereocenters. The van der Waals surface area contributed by atoms with Gasteiger partial charge in [0.25, 0.3) is 11.8 Å². The standard InChI is InChI=1S/C34H33N3O3S/c1-4-25-16-10-12-24(3)32(25)37-31(38)22-41-29-19-17-28(18-20-29)35-34(40)30(21-27-15-9-8-11-23(27)2)36-33(39)26-13-6-5-7-14-26/h5-21H,4,22H2,1-3H3,(H,35,40)(H,36,39)(H,37,38)/b30-21-.